The van der Waals surface area contributed by atoms with Crippen LogP contribution in [-0.4, -0.2) is 5.11 Å². The lowest BCUT2D eigenvalue weighted by Gasteiger charge is -2.21. The zero-order chi connectivity index (χ0) is 10.3. The summed E-state index contributed by atoms with van der Waals surface area (Å²) in [7, 11) is 0. The number of rotatable bonds is 0. The summed E-state index contributed by atoms with van der Waals surface area (Å²) in [6.45, 7) is 0. The lowest BCUT2D eigenvalue weighted by molar-refractivity contribution is 0.469. The van der Waals surface area contributed by atoms with Crippen molar-refractivity contribution in [2.75, 3.05) is 5.32 Å². The van der Waals surface area contributed by atoms with Gasteiger partial charge in [0.15, 0.2) is 0 Å². The summed E-state index contributed by atoms with van der Waals surface area (Å²) >= 11 is 0. The molecule has 0 amide bonds. The third kappa shape index (κ3) is 1.26. The fraction of sp³-hybridized carbons (Fsp3) is 0.0769. The summed E-state index contributed by atoms with van der Waals surface area (Å²) in [4.78, 5) is 0. The Bertz CT molecular complexity index is 520. The van der Waals surface area contributed by atoms with Crippen LogP contribution in [0.15, 0.2) is 42.5 Å². The van der Waals surface area contributed by atoms with Gasteiger partial charge in [-0.05, 0) is 23.8 Å². The number of aromatic hydroxyl groups is 1. The van der Waals surface area contributed by atoms with Gasteiger partial charge in [0.2, 0.25) is 0 Å². The molecule has 0 unspecified atom stereocenters. The zero-order valence-corrected chi connectivity index (χ0v) is 8.20. The van der Waals surface area contributed by atoms with Crippen molar-refractivity contribution in [2.24, 2.45) is 0 Å². The normalized spacial score (nSPS) is 12.5. The molecule has 1 aliphatic rings. The van der Waals surface area contributed by atoms with Crippen molar-refractivity contribution < 1.29 is 5.11 Å². The van der Waals surface area contributed by atoms with Crippen LogP contribution in [0.3, 0.4) is 0 Å². The van der Waals surface area contributed by atoms with Gasteiger partial charge in [-0.2, -0.15) is 0 Å². The maximum atomic E-state index is 9.74. The number of benzene rings is 2. The maximum Gasteiger partial charge on any atom is 0.121 e. The monoisotopic (exact) mass is 197 g/mol. The van der Waals surface area contributed by atoms with E-state index < -0.39 is 0 Å². The second-order valence-corrected chi connectivity index (χ2v) is 3.76. The Kier molecular flexibility index (Phi) is 1.68. The number of anilines is 2. The molecule has 0 saturated heterocycles. The van der Waals surface area contributed by atoms with Crippen LogP contribution < -0.4 is 5.32 Å². The molecule has 0 saturated carbocycles. The number of nitrogens with one attached hydrogen (secondary N) is 1. The minimum Gasteiger partial charge on any atom is -0.508 e. The Hall–Kier alpha value is -1.96. The highest BCUT2D eigenvalue weighted by Crippen LogP contribution is 2.36. The predicted octanol–water partition coefficient (Wildman–Crippen LogP) is 3.04. The van der Waals surface area contributed by atoms with Gasteiger partial charge in [0.1, 0.15) is 5.75 Å². The molecule has 1 heterocycles. The maximum absolute atomic E-state index is 9.74. The predicted molar refractivity (Wildman–Crippen MR) is 60.6 cm³/mol. The minimum absolute atomic E-state index is 0.370. The molecule has 3 rings (SSSR count). The highest BCUT2D eigenvalue weighted by atomic mass is 16.3. The van der Waals surface area contributed by atoms with Gasteiger partial charge in [0.05, 0.1) is 0 Å². The van der Waals surface area contributed by atoms with Crippen LogP contribution in [0.5, 0.6) is 5.75 Å². The molecular formula is C13H11NO. The average Bonchev–Trinajstić information content (AvgIpc) is 2.27. The highest BCUT2D eigenvalue weighted by Gasteiger charge is 2.16. The molecule has 15 heavy (non-hydrogen) atoms. The first-order valence-electron chi connectivity index (χ1n) is 5.00. The van der Waals surface area contributed by atoms with E-state index in [0.717, 1.165) is 23.4 Å². The van der Waals surface area contributed by atoms with Crippen molar-refractivity contribution in [1.29, 1.82) is 0 Å². The fourth-order valence-electron chi connectivity index (χ4n) is 2.01. The SMILES string of the molecule is Oc1cccc2c1Cc1ccccc1N2. The standard InChI is InChI=1S/C13H11NO/c15-13-7-3-6-12-10(13)8-9-4-1-2-5-11(9)14-12/h1-7,14-15H,8H2. The summed E-state index contributed by atoms with van der Waals surface area (Å²) in [5.41, 5.74) is 4.35. The number of fused-ring (bicyclic) bond motifs is 2. The van der Waals surface area contributed by atoms with Gasteiger partial charge in [-0.15, -0.1) is 0 Å². The third-order valence-corrected chi connectivity index (χ3v) is 2.81. The largest absolute Gasteiger partial charge is 0.508 e. The van der Waals surface area contributed by atoms with Crippen molar-refractivity contribution in [3.63, 3.8) is 0 Å². The van der Waals surface area contributed by atoms with Crippen LogP contribution >= 0.6 is 0 Å². The number of phenols is 1. The van der Waals surface area contributed by atoms with Crippen LogP contribution in [-0.2, 0) is 6.42 Å². The molecule has 2 aromatic rings. The van der Waals surface area contributed by atoms with Gasteiger partial charge in [-0.1, -0.05) is 24.3 Å². The first-order chi connectivity index (χ1) is 7.34. The third-order valence-electron chi connectivity index (χ3n) is 2.81. The first kappa shape index (κ1) is 8.36. The van der Waals surface area contributed by atoms with Crippen LogP contribution in [0.4, 0.5) is 11.4 Å². The number of hydrogen-bond acceptors (Lipinski definition) is 2. The van der Waals surface area contributed by atoms with Gasteiger partial charge in [0.25, 0.3) is 0 Å². The molecule has 2 heteroatoms. The summed E-state index contributed by atoms with van der Waals surface area (Å²) in [6.07, 6.45) is 0.797. The van der Waals surface area contributed by atoms with Gasteiger partial charge in [0, 0.05) is 23.4 Å². The molecule has 1 aliphatic heterocycles. The lowest BCUT2D eigenvalue weighted by atomic mass is 9.97. The van der Waals surface area contributed by atoms with Crippen molar-refractivity contribution >= 4 is 11.4 Å². The van der Waals surface area contributed by atoms with Crippen LogP contribution in [0.1, 0.15) is 11.1 Å². The zero-order valence-electron chi connectivity index (χ0n) is 8.20. The van der Waals surface area contributed by atoms with Crippen LogP contribution in [0.25, 0.3) is 0 Å². The Morgan fingerprint density at radius 3 is 2.67 bits per heavy atom. The lowest BCUT2D eigenvalue weighted by Crippen LogP contribution is -2.06. The van der Waals surface area contributed by atoms with E-state index in [9.17, 15) is 5.11 Å². The van der Waals surface area contributed by atoms with E-state index >= 15 is 0 Å². The van der Waals surface area contributed by atoms with E-state index in [4.69, 9.17) is 0 Å². The van der Waals surface area contributed by atoms with E-state index in [-0.39, 0.29) is 0 Å². The van der Waals surface area contributed by atoms with Crippen molar-refractivity contribution in [3.05, 3.63) is 53.6 Å². The van der Waals surface area contributed by atoms with E-state index in [0.29, 0.717) is 5.75 Å². The van der Waals surface area contributed by atoms with E-state index in [1.54, 1.807) is 6.07 Å². The average molecular weight is 197 g/mol. The van der Waals surface area contributed by atoms with Crippen LogP contribution in [0, 0.1) is 0 Å². The first-order valence-corrected chi connectivity index (χ1v) is 5.00. The quantitative estimate of drug-likeness (QED) is 0.580. The van der Waals surface area contributed by atoms with Crippen molar-refractivity contribution in [1.82, 2.24) is 0 Å². The molecule has 74 valence electrons. The Labute approximate surface area is 88.2 Å². The fourth-order valence-corrected chi connectivity index (χ4v) is 2.01. The van der Waals surface area contributed by atoms with Gasteiger partial charge in [-0.25, -0.2) is 0 Å². The van der Waals surface area contributed by atoms with Crippen LogP contribution in [0.2, 0.25) is 0 Å². The van der Waals surface area contributed by atoms with E-state index in [1.807, 2.05) is 24.3 Å². The summed E-state index contributed by atoms with van der Waals surface area (Å²) in [6, 6.07) is 13.7. The molecule has 2 aromatic carbocycles. The van der Waals surface area contributed by atoms with Crippen molar-refractivity contribution in [2.45, 2.75) is 6.42 Å². The Morgan fingerprint density at radius 2 is 1.73 bits per heavy atom. The molecule has 0 aliphatic carbocycles. The van der Waals surface area contributed by atoms with E-state index in [1.165, 1.54) is 5.56 Å². The molecule has 0 radical (unpaired) electrons. The van der Waals surface area contributed by atoms with Gasteiger partial charge >= 0.3 is 0 Å². The molecule has 0 bridgehead atoms. The van der Waals surface area contributed by atoms with Crippen molar-refractivity contribution in [3.8, 4) is 5.75 Å². The number of phenolic OH excluding ortho intramolecular Hbond substituents is 1. The summed E-state index contributed by atoms with van der Waals surface area (Å²) < 4.78 is 0. The molecule has 0 fully saturated rings. The van der Waals surface area contributed by atoms with Gasteiger partial charge in [-0.3, -0.25) is 0 Å². The minimum atomic E-state index is 0.370. The molecule has 2 N–H and O–H groups in total. The second kappa shape index (κ2) is 3.02. The number of para-hydroxylation sites is 1. The van der Waals surface area contributed by atoms with E-state index in [2.05, 4.69) is 17.4 Å². The summed E-state index contributed by atoms with van der Waals surface area (Å²) in [5, 5.41) is 13.1. The Balaban J connectivity index is 2.15. The smallest absolute Gasteiger partial charge is 0.121 e. The molecular weight excluding hydrogens is 186 g/mol. The molecule has 2 nitrogen and oxygen atoms in total. The number of hydrogen-bond donors (Lipinski definition) is 2. The highest BCUT2D eigenvalue weighted by molar-refractivity contribution is 5.73. The molecule has 0 spiro atoms. The molecule has 0 aromatic heterocycles. The van der Waals surface area contributed by atoms with Gasteiger partial charge < -0.3 is 10.4 Å². The second-order valence-electron chi connectivity index (χ2n) is 3.76. The Morgan fingerprint density at radius 1 is 0.933 bits per heavy atom. The molecule has 0 atom stereocenters. The topological polar surface area (TPSA) is 32.3 Å². The summed E-state index contributed by atoms with van der Waals surface area (Å²) in [5.74, 6) is 0.370.